The zero-order valence-electron chi connectivity index (χ0n) is 10.2. The molecule has 1 aliphatic carbocycles. The Hall–Kier alpha value is -0.340. The van der Waals surface area contributed by atoms with E-state index in [1.807, 2.05) is 0 Å². The molecule has 1 unspecified atom stereocenters. The number of hydrogen-bond acceptors (Lipinski definition) is 1. The lowest BCUT2D eigenvalue weighted by Gasteiger charge is -2.30. The molecule has 92 valence electrons. The molecule has 1 saturated heterocycles. The summed E-state index contributed by atoms with van der Waals surface area (Å²) in [7, 11) is 0. The fourth-order valence-corrected chi connectivity index (χ4v) is 3.77. The first-order chi connectivity index (χ1) is 8.34. The molecule has 1 aromatic carbocycles. The number of rotatable bonds is 2. The molecule has 0 bridgehead atoms. The number of nitrogens with zero attached hydrogens (tertiary/aromatic N) is 1. The van der Waals surface area contributed by atoms with Gasteiger partial charge in [0.05, 0.1) is 0 Å². The summed E-state index contributed by atoms with van der Waals surface area (Å²) in [5, 5.41) is 0. The highest BCUT2D eigenvalue weighted by Crippen LogP contribution is 2.38. The number of halogens is 1. The van der Waals surface area contributed by atoms with Crippen LogP contribution in [0.4, 0.5) is 0 Å². The van der Waals surface area contributed by atoms with Gasteiger partial charge in [-0.3, -0.25) is 4.90 Å². The molecule has 0 amide bonds. The zero-order valence-corrected chi connectivity index (χ0v) is 11.8. The summed E-state index contributed by atoms with van der Waals surface area (Å²) in [4.78, 5) is 2.77. The molecular formula is C15H20BrN. The summed E-state index contributed by atoms with van der Waals surface area (Å²) in [5.41, 5.74) is 1.51. The monoisotopic (exact) mass is 293 g/mol. The van der Waals surface area contributed by atoms with Gasteiger partial charge in [-0.2, -0.15) is 0 Å². The van der Waals surface area contributed by atoms with Gasteiger partial charge in [-0.1, -0.05) is 40.9 Å². The lowest BCUT2D eigenvalue weighted by molar-refractivity contribution is 0.183. The average Bonchev–Trinajstić information content (AvgIpc) is 3.00. The van der Waals surface area contributed by atoms with Crippen LogP contribution in [0.3, 0.4) is 0 Å². The van der Waals surface area contributed by atoms with Gasteiger partial charge in [0.15, 0.2) is 0 Å². The Labute approximate surface area is 112 Å². The van der Waals surface area contributed by atoms with Gasteiger partial charge in [-0.05, 0) is 49.9 Å². The highest BCUT2D eigenvalue weighted by Gasteiger charge is 2.32. The van der Waals surface area contributed by atoms with E-state index in [0.717, 1.165) is 6.04 Å². The van der Waals surface area contributed by atoms with Crippen LogP contribution in [0.2, 0.25) is 0 Å². The van der Waals surface area contributed by atoms with Crippen LogP contribution in [-0.2, 0) is 0 Å². The van der Waals surface area contributed by atoms with E-state index >= 15 is 0 Å². The third kappa shape index (κ3) is 2.43. The summed E-state index contributed by atoms with van der Waals surface area (Å²) < 4.78 is 1.19. The van der Waals surface area contributed by atoms with Gasteiger partial charge in [0.25, 0.3) is 0 Å². The molecule has 2 fully saturated rings. The average molecular weight is 294 g/mol. The van der Waals surface area contributed by atoms with Gasteiger partial charge in [0, 0.05) is 16.6 Å². The maximum Gasteiger partial charge on any atom is 0.0351 e. The second-order valence-corrected chi connectivity index (χ2v) is 6.30. The minimum absolute atomic E-state index is 0.686. The molecule has 0 radical (unpaired) electrons. The van der Waals surface area contributed by atoms with Crippen LogP contribution in [0.1, 0.15) is 50.1 Å². The van der Waals surface area contributed by atoms with Crippen molar-refractivity contribution in [2.75, 3.05) is 6.54 Å². The lowest BCUT2D eigenvalue weighted by Crippen LogP contribution is -2.32. The highest BCUT2D eigenvalue weighted by atomic mass is 79.9. The predicted molar refractivity (Wildman–Crippen MR) is 75.1 cm³/mol. The van der Waals surface area contributed by atoms with Gasteiger partial charge in [-0.15, -0.1) is 0 Å². The zero-order chi connectivity index (χ0) is 11.7. The Morgan fingerprint density at radius 1 is 0.941 bits per heavy atom. The van der Waals surface area contributed by atoms with E-state index in [1.54, 1.807) is 0 Å². The van der Waals surface area contributed by atoms with E-state index in [9.17, 15) is 0 Å². The molecule has 17 heavy (non-hydrogen) atoms. The first-order valence-corrected chi connectivity index (χ1v) is 7.65. The van der Waals surface area contributed by atoms with Crippen molar-refractivity contribution in [3.63, 3.8) is 0 Å². The molecule has 0 spiro atoms. The Kier molecular flexibility index (Phi) is 3.53. The van der Waals surface area contributed by atoms with E-state index in [-0.39, 0.29) is 0 Å². The Bertz CT molecular complexity index is 367. The van der Waals surface area contributed by atoms with Gasteiger partial charge in [0.1, 0.15) is 0 Å². The summed E-state index contributed by atoms with van der Waals surface area (Å²) in [6, 6.07) is 10.5. The van der Waals surface area contributed by atoms with Crippen LogP contribution >= 0.6 is 15.9 Å². The number of benzene rings is 1. The predicted octanol–water partition coefficient (Wildman–Crippen LogP) is 4.53. The smallest absolute Gasteiger partial charge is 0.0351 e. The molecule has 1 aromatic rings. The van der Waals surface area contributed by atoms with Crippen molar-refractivity contribution in [2.45, 2.75) is 50.6 Å². The van der Waals surface area contributed by atoms with Crippen LogP contribution in [0.5, 0.6) is 0 Å². The molecule has 3 rings (SSSR count). The number of likely N-dealkylation sites (tertiary alicyclic amines) is 1. The van der Waals surface area contributed by atoms with Crippen LogP contribution in [0.25, 0.3) is 0 Å². The van der Waals surface area contributed by atoms with Gasteiger partial charge < -0.3 is 0 Å². The Morgan fingerprint density at radius 2 is 1.65 bits per heavy atom. The maximum absolute atomic E-state index is 3.52. The second-order valence-electron chi connectivity index (χ2n) is 5.39. The van der Waals surface area contributed by atoms with E-state index in [1.165, 1.54) is 55.1 Å². The third-order valence-corrected chi connectivity index (χ3v) is 4.87. The van der Waals surface area contributed by atoms with Crippen LogP contribution in [-0.4, -0.2) is 17.5 Å². The minimum atomic E-state index is 0.686. The summed E-state index contributed by atoms with van der Waals surface area (Å²) in [5.74, 6) is 0. The Balaban J connectivity index is 1.78. The first kappa shape index (κ1) is 11.7. The van der Waals surface area contributed by atoms with Crippen molar-refractivity contribution in [3.8, 4) is 0 Å². The third-order valence-electron chi connectivity index (χ3n) is 4.34. The van der Waals surface area contributed by atoms with E-state index in [4.69, 9.17) is 0 Å². The highest BCUT2D eigenvalue weighted by molar-refractivity contribution is 9.10. The van der Waals surface area contributed by atoms with Gasteiger partial charge >= 0.3 is 0 Å². The number of hydrogen-bond donors (Lipinski definition) is 0. The van der Waals surface area contributed by atoms with Crippen LogP contribution in [0, 0.1) is 0 Å². The molecule has 2 heteroatoms. The SMILES string of the molecule is Brc1ccc(C2CCCN2C2CCCC2)cc1. The summed E-state index contributed by atoms with van der Waals surface area (Å²) in [6.07, 6.45) is 8.44. The minimum Gasteiger partial charge on any atom is -0.293 e. The fraction of sp³-hybridized carbons (Fsp3) is 0.600. The molecule has 1 atom stereocenters. The van der Waals surface area contributed by atoms with Crippen molar-refractivity contribution < 1.29 is 0 Å². The summed E-state index contributed by atoms with van der Waals surface area (Å²) in [6.45, 7) is 1.31. The van der Waals surface area contributed by atoms with Gasteiger partial charge in [0.2, 0.25) is 0 Å². The second kappa shape index (κ2) is 5.11. The molecule has 1 aliphatic heterocycles. The molecule has 0 aromatic heterocycles. The molecule has 1 heterocycles. The molecule has 1 saturated carbocycles. The molecule has 2 aliphatic rings. The molecule has 1 nitrogen and oxygen atoms in total. The van der Waals surface area contributed by atoms with Crippen molar-refractivity contribution in [1.29, 1.82) is 0 Å². The van der Waals surface area contributed by atoms with E-state index in [0.29, 0.717) is 6.04 Å². The van der Waals surface area contributed by atoms with Crippen LogP contribution < -0.4 is 0 Å². The molecule has 0 N–H and O–H groups in total. The summed E-state index contributed by atoms with van der Waals surface area (Å²) >= 11 is 3.52. The van der Waals surface area contributed by atoms with E-state index in [2.05, 4.69) is 45.1 Å². The van der Waals surface area contributed by atoms with Crippen molar-refractivity contribution in [3.05, 3.63) is 34.3 Å². The van der Waals surface area contributed by atoms with Crippen LogP contribution in [0.15, 0.2) is 28.7 Å². The quantitative estimate of drug-likeness (QED) is 0.774. The fourth-order valence-electron chi connectivity index (χ4n) is 3.50. The first-order valence-electron chi connectivity index (χ1n) is 6.86. The largest absolute Gasteiger partial charge is 0.293 e. The lowest BCUT2D eigenvalue weighted by atomic mass is 10.0. The van der Waals surface area contributed by atoms with Crippen molar-refractivity contribution in [1.82, 2.24) is 4.90 Å². The van der Waals surface area contributed by atoms with Crippen molar-refractivity contribution >= 4 is 15.9 Å². The van der Waals surface area contributed by atoms with Gasteiger partial charge in [-0.25, -0.2) is 0 Å². The normalized spacial score (nSPS) is 26.8. The topological polar surface area (TPSA) is 3.24 Å². The Morgan fingerprint density at radius 3 is 2.35 bits per heavy atom. The van der Waals surface area contributed by atoms with E-state index < -0.39 is 0 Å². The maximum atomic E-state index is 3.52. The van der Waals surface area contributed by atoms with Crippen molar-refractivity contribution in [2.24, 2.45) is 0 Å². The molecular weight excluding hydrogens is 274 g/mol. The standard InChI is InChI=1S/C15H20BrN/c16-13-9-7-12(8-10-13)15-6-3-11-17(15)14-4-1-2-5-14/h7-10,14-15H,1-6,11H2.